The van der Waals surface area contributed by atoms with Gasteiger partial charge in [0.2, 0.25) is 11.8 Å². The fraction of sp³-hybridized carbons (Fsp3) is 0.846. The summed E-state index contributed by atoms with van der Waals surface area (Å²) in [7, 11) is 0. The molecule has 3 rings (SSSR count). The summed E-state index contributed by atoms with van der Waals surface area (Å²) in [4.78, 5) is 25.4. The standard InChI is InChI=1S/C13H21N3O2/c14-10-3-1-2-8-6-16(7-9(8)10)13(18)11-4-5-12(17)15-11/h8-11H,1-7,14H2,(H,15,17)/t8?,9?,10?,11-/m1/s1. The van der Waals surface area contributed by atoms with Crippen molar-refractivity contribution in [2.75, 3.05) is 13.1 Å². The third kappa shape index (κ3) is 2.00. The molecule has 2 amide bonds. The Balaban J connectivity index is 1.64. The van der Waals surface area contributed by atoms with Gasteiger partial charge in [-0.15, -0.1) is 0 Å². The normalized spacial score (nSPS) is 39.6. The fourth-order valence-electron chi connectivity index (χ4n) is 3.72. The Morgan fingerprint density at radius 2 is 2.11 bits per heavy atom. The number of hydrogen-bond acceptors (Lipinski definition) is 3. The van der Waals surface area contributed by atoms with Gasteiger partial charge in [-0.1, -0.05) is 6.42 Å². The van der Waals surface area contributed by atoms with Crippen molar-refractivity contribution in [2.24, 2.45) is 17.6 Å². The smallest absolute Gasteiger partial charge is 0.245 e. The zero-order valence-corrected chi connectivity index (χ0v) is 10.6. The summed E-state index contributed by atoms with van der Waals surface area (Å²) < 4.78 is 0. The van der Waals surface area contributed by atoms with Crippen LogP contribution in [0.5, 0.6) is 0 Å². The van der Waals surface area contributed by atoms with Crippen molar-refractivity contribution in [3.05, 3.63) is 0 Å². The molecule has 3 fully saturated rings. The zero-order chi connectivity index (χ0) is 12.7. The lowest BCUT2D eigenvalue weighted by Gasteiger charge is -2.29. The predicted octanol–water partition coefficient (Wildman–Crippen LogP) is -0.149. The van der Waals surface area contributed by atoms with Crippen molar-refractivity contribution in [1.82, 2.24) is 10.2 Å². The Hall–Kier alpha value is -1.10. The van der Waals surface area contributed by atoms with E-state index in [1.165, 1.54) is 12.8 Å². The van der Waals surface area contributed by atoms with E-state index in [9.17, 15) is 9.59 Å². The number of nitrogens with two attached hydrogens (primary N) is 1. The van der Waals surface area contributed by atoms with Crippen molar-refractivity contribution >= 4 is 11.8 Å². The minimum absolute atomic E-state index is 0.00154. The Kier molecular flexibility index (Phi) is 3.01. The summed E-state index contributed by atoms with van der Waals surface area (Å²) in [6.07, 6.45) is 4.60. The van der Waals surface area contributed by atoms with Gasteiger partial charge in [0.15, 0.2) is 0 Å². The third-order valence-electron chi connectivity index (χ3n) is 4.76. The minimum Gasteiger partial charge on any atom is -0.344 e. The van der Waals surface area contributed by atoms with Gasteiger partial charge >= 0.3 is 0 Å². The molecule has 2 aliphatic heterocycles. The van der Waals surface area contributed by atoms with Crippen LogP contribution in [0.3, 0.4) is 0 Å². The molecule has 4 atom stereocenters. The highest BCUT2D eigenvalue weighted by atomic mass is 16.2. The number of carbonyl (C=O) groups excluding carboxylic acids is 2. The van der Waals surface area contributed by atoms with Crippen LogP contribution in [0, 0.1) is 11.8 Å². The van der Waals surface area contributed by atoms with Crippen LogP contribution in [0.2, 0.25) is 0 Å². The lowest BCUT2D eigenvalue weighted by molar-refractivity contribution is -0.133. The molecule has 2 heterocycles. The van der Waals surface area contributed by atoms with Gasteiger partial charge in [-0.05, 0) is 31.1 Å². The average molecular weight is 251 g/mol. The maximum atomic E-state index is 12.3. The SMILES string of the molecule is NC1CCCC2CN(C(=O)[C@H]3CCC(=O)N3)CC12. The van der Waals surface area contributed by atoms with Crippen LogP contribution in [0.15, 0.2) is 0 Å². The third-order valence-corrected chi connectivity index (χ3v) is 4.76. The number of carbonyl (C=O) groups is 2. The lowest BCUT2D eigenvalue weighted by atomic mass is 9.78. The summed E-state index contributed by atoms with van der Waals surface area (Å²) in [5, 5.41) is 2.76. The average Bonchev–Trinajstić information content (AvgIpc) is 2.95. The van der Waals surface area contributed by atoms with E-state index in [-0.39, 0.29) is 23.9 Å². The summed E-state index contributed by atoms with van der Waals surface area (Å²) in [5.74, 6) is 1.15. The maximum Gasteiger partial charge on any atom is 0.245 e. The summed E-state index contributed by atoms with van der Waals surface area (Å²) in [6.45, 7) is 1.63. The van der Waals surface area contributed by atoms with Crippen molar-refractivity contribution < 1.29 is 9.59 Å². The molecular formula is C13H21N3O2. The zero-order valence-electron chi connectivity index (χ0n) is 10.6. The summed E-state index contributed by atoms with van der Waals surface area (Å²) in [5.41, 5.74) is 6.15. The van der Waals surface area contributed by atoms with Crippen LogP contribution in [-0.4, -0.2) is 41.9 Å². The van der Waals surface area contributed by atoms with Gasteiger partial charge in [0, 0.05) is 25.6 Å². The van der Waals surface area contributed by atoms with Crippen molar-refractivity contribution in [3.8, 4) is 0 Å². The van der Waals surface area contributed by atoms with Gasteiger partial charge in [0.25, 0.3) is 0 Å². The van der Waals surface area contributed by atoms with Gasteiger partial charge in [0.1, 0.15) is 6.04 Å². The monoisotopic (exact) mass is 251 g/mol. The first kappa shape index (κ1) is 12.0. The van der Waals surface area contributed by atoms with E-state index >= 15 is 0 Å². The fourth-order valence-corrected chi connectivity index (χ4v) is 3.72. The molecule has 3 unspecified atom stereocenters. The van der Waals surface area contributed by atoms with E-state index < -0.39 is 0 Å². The number of nitrogens with one attached hydrogen (secondary N) is 1. The topological polar surface area (TPSA) is 75.4 Å². The molecule has 0 bridgehead atoms. The highest BCUT2D eigenvalue weighted by molar-refractivity contribution is 5.90. The summed E-state index contributed by atoms with van der Waals surface area (Å²) in [6, 6.07) is -0.0337. The Morgan fingerprint density at radius 3 is 2.78 bits per heavy atom. The van der Waals surface area contributed by atoms with Gasteiger partial charge in [-0.25, -0.2) is 0 Å². The predicted molar refractivity (Wildman–Crippen MR) is 66.6 cm³/mol. The molecule has 5 nitrogen and oxygen atoms in total. The highest BCUT2D eigenvalue weighted by Gasteiger charge is 2.42. The molecule has 0 spiro atoms. The molecule has 2 saturated heterocycles. The highest BCUT2D eigenvalue weighted by Crippen LogP contribution is 2.35. The molecular weight excluding hydrogens is 230 g/mol. The van der Waals surface area contributed by atoms with Gasteiger partial charge in [-0.2, -0.15) is 0 Å². The molecule has 0 aromatic carbocycles. The van der Waals surface area contributed by atoms with E-state index in [0.29, 0.717) is 24.7 Å². The van der Waals surface area contributed by atoms with Gasteiger partial charge in [0.05, 0.1) is 0 Å². The second-order valence-electron chi connectivity index (χ2n) is 5.92. The number of fused-ring (bicyclic) bond motifs is 1. The van der Waals surface area contributed by atoms with Crippen LogP contribution in [0.4, 0.5) is 0 Å². The molecule has 3 aliphatic rings. The lowest BCUT2D eigenvalue weighted by Crippen LogP contribution is -2.44. The van der Waals surface area contributed by atoms with Gasteiger partial charge in [-0.3, -0.25) is 9.59 Å². The number of rotatable bonds is 1. The van der Waals surface area contributed by atoms with E-state index in [1.54, 1.807) is 0 Å². The van der Waals surface area contributed by atoms with Crippen LogP contribution in [0.25, 0.3) is 0 Å². The summed E-state index contributed by atoms with van der Waals surface area (Å²) >= 11 is 0. The molecule has 0 aromatic heterocycles. The molecule has 1 saturated carbocycles. The molecule has 0 aromatic rings. The van der Waals surface area contributed by atoms with Crippen LogP contribution >= 0.6 is 0 Å². The first-order chi connectivity index (χ1) is 8.65. The van der Waals surface area contributed by atoms with Crippen molar-refractivity contribution in [3.63, 3.8) is 0 Å². The molecule has 3 N–H and O–H groups in total. The van der Waals surface area contributed by atoms with Crippen LogP contribution < -0.4 is 11.1 Å². The van der Waals surface area contributed by atoms with E-state index in [0.717, 1.165) is 19.5 Å². The minimum atomic E-state index is -0.283. The first-order valence-electron chi connectivity index (χ1n) is 6.99. The first-order valence-corrected chi connectivity index (χ1v) is 6.99. The van der Waals surface area contributed by atoms with Crippen molar-refractivity contribution in [1.29, 1.82) is 0 Å². The Morgan fingerprint density at radius 1 is 1.28 bits per heavy atom. The second-order valence-corrected chi connectivity index (χ2v) is 5.92. The van der Waals surface area contributed by atoms with Crippen LogP contribution in [0.1, 0.15) is 32.1 Å². The van der Waals surface area contributed by atoms with Crippen LogP contribution in [-0.2, 0) is 9.59 Å². The Bertz CT molecular complexity index is 371. The molecule has 5 heteroatoms. The number of likely N-dealkylation sites (tertiary alicyclic amines) is 1. The van der Waals surface area contributed by atoms with E-state index in [1.807, 2.05) is 4.90 Å². The molecule has 0 radical (unpaired) electrons. The maximum absolute atomic E-state index is 12.3. The Labute approximate surface area is 107 Å². The van der Waals surface area contributed by atoms with Gasteiger partial charge < -0.3 is 16.0 Å². The molecule has 100 valence electrons. The largest absolute Gasteiger partial charge is 0.344 e. The number of nitrogens with zero attached hydrogens (tertiary/aromatic N) is 1. The number of amides is 2. The number of hydrogen-bond donors (Lipinski definition) is 2. The quantitative estimate of drug-likeness (QED) is 0.680. The molecule has 18 heavy (non-hydrogen) atoms. The molecule has 1 aliphatic carbocycles. The van der Waals surface area contributed by atoms with E-state index in [2.05, 4.69) is 5.32 Å². The second kappa shape index (κ2) is 4.53. The van der Waals surface area contributed by atoms with E-state index in [4.69, 9.17) is 5.73 Å². The van der Waals surface area contributed by atoms with Crippen molar-refractivity contribution in [2.45, 2.75) is 44.2 Å².